The molecule has 2 aromatic heterocycles. The Hall–Kier alpha value is -3.66. The Labute approximate surface area is 148 Å². The Morgan fingerprint density at radius 2 is 1.46 bits per heavy atom. The third-order valence-electron chi connectivity index (χ3n) is 4.38. The SMILES string of the molecule is O=c1cc(C=Nc2ccccc2)c2cc3c(cc2o1)oc1ccccc13. The fraction of sp³-hybridized carbons (Fsp3) is 0. The summed E-state index contributed by atoms with van der Waals surface area (Å²) in [5, 5.41) is 2.83. The van der Waals surface area contributed by atoms with Crippen LogP contribution in [0.3, 0.4) is 0 Å². The zero-order chi connectivity index (χ0) is 17.5. The van der Waals surface area contributed by atoms with E-state index in [2.05, 4.69) is 4.99 Å². The molecular weight excluding hydrogens is 326 g/mol. The lowest BCUT2D eigenvalue weighted by Crippen LogP contribution is -2.00. The minimum absolute atomic E-state index is 0.414. The van der Waals surface area contributed by atoms with E-state index in [-0.39, 0.29) is 0 Å². The number of hydrogen-bond acceptors (Lipinski definition) is 4. The van der Waals surface area contributed by atoms with Crippen molar-refractivity contribution in [2.24, 2.45) is 4.99 Å². The number of nitrogens with zero attached hydrogens (tertiary/aromatic N) is 1. The first-order chi connectivity index (χ1) is 12.8. The third-order valence-corrected chi connectivity index (χ3v) is 4.38. The molecule has 0 unspecified atom stereocenters. The maximum Gasteiger partial charge on any atom is 0.336 e. The predicted octanol–water partition coefficient (Wildman–Crippen LogP) is 5.44. The van der Waals surface area contributed by atoms with Crippen LogP contribution in [-0.2, 0) is 0 Å². The maximum absolute atomic E-state index is 12.0. The van der Waals surface area contributed by atoms with Crippen molar-refractivity contribution >= 4 is 44.8 Å². The van der Waals surface area contributed by atoms with Crippen LogP contribution in [0.5, 0.6) is 0 Å². The smallest absolute Gasteiger partial charge is 0.336 e. The molecule has 4 nitrogen and oxygen atoms in total. The summed E-state index contributed by atoms with van der Waals surface area (Å²) in [5.41, 5.74) is 3.11. The molecule has 0 N–H and O–H groups in total. The van der Waals surface area contributed by atoms with Crippen molar-refractivity contribution in [2.45, 2.75) is 0 Å². The number of rotatable bonds is 2. The summed E-state index contributed by atoms with van der Waals surface area (Å²) in [7, 11) is 0. The minimum Gasteiger partial charge on any atom is -0.456 e. The van der Waals surface area contributed by atoms with Crippen molar-refractivity contribution in [3.05, 3.63) is 88.8 Å². The van der Waals surface area contributed by atoms with E-state index in [1.54, 1.807) is 12.3 Å². The molecule has 124 valence electrons. The molecule has 0 aliphatic rings. The lowest BCUT2D eigenvalue weighted by atomic mass is 10.1. The summed E-state index contributed by atoms with van der Waals surface area (Å²) < 4.78 is 11.3. The zero-order valence-electron chi connectivity index (χ0n) is 13.7. The molecule has 3 aromatic carbocycles. The molecule has 0 bridgehead atoms. The Kier molecular flexibility index (Phi) is 3.22. The number of benzene rings is 3. The number of para-hydroxylation sites is 2. The van der Waals surface area contributed by atoms with Crippen LogP contribution in [-0.4, -0.2) is 6.21 Å². The van der Waals surface area contributed by atoms with Gasteiger partial charge in [-0.05, 0) is 24.3 Å². The van der Waals surface area contributed by atoms with Crippen molar-refractivity contribution in [1.82, 2.24) is 0 Å². The van der Waals surface area contributed by atoms with Crippen molar-refractivity contribution < 1.29 is 8.83 Å². The van der Waals surface area contributed by atoms with Gasteiger partial charge in [0.05, 0.1) is 5.69 Å². The van der Waals surface area contributed by atoms with Gasteiger partial charge in [0.1, 0.15) is 16.7 Å². The first-order valence-electron chi connectivity index (χ1n) is 8.26. The summed E-state index contributed by atoms with van der Waals surface area (Å²) in [4.78, 5) is 16.4. The van der Waals surface area contributed by atoms with Gasteiger partial charge in [-0.25, -0.2) is 4.79 Å². The van der Waals surface area contributed by atoms with Crippen molar-refractivity contribution in [1.29, 1.82) is 0 Å². The summed E-state index contributed by atoms with van der Waals surface area (Å²) in [5.74, 6) is 0. The molecule has 5 rings (SSSR count). The fourth-order valence-corrected chi connectivity index (χ4v) is 3.17. The van der Waals surface area contributed by atoms with Crippen LogP contribution in [0, 0.1) is 0 Å². The molecule has 26 heavy (non-hydrogen) atoms. The summed E-state index contributed by atoms with van der Waals surface area (Å²) in [6.07, 6.45) is 1.70. The maximum atomic E-state index is 12.0. The molecule has 0 saturated heterocycles. The zero-order valence-corrected chi connectivity index (χ0v) is 13.7. The van der Waals surface area contributed by atoms with Gasteiger partial charge in [0.2, 0.25) is 0 Å². The fourth-order valence-electron chi connectivity index (χ4n) is 3.17. The largest absolute Gasteiger partial charge is 0.456 e. The average Bonchev–Trinajstić information content (AvgIpc) is 3.02. The second kappa shape index (κ2) is 5.70. The van der Waals surface area contributed by atoms with Crippen molar-refractivity contribution in [3.8, 4) is 0 Å². The monoisotopic (exact) mass is 339 g/mol. The van der Waals surface area contributed by atoms with E-state index in [1.807, 2.05) is 60.7 Å². The lowest BCUT2D eigenvalue weighted by Gasteiger charge is -2.01. The molecule has 0 saturated carbocycles. The average molecular weight is 339 g/mol. The van der Waals surface area contributed by atoms with E-state index in [4.69, 9.17) is 8.83 Å². The van der Waals surface area contributed by atoms with Gasteiger partial charge in [0.15, 0.2) is 0 Å². The molecule has 0 amide bonds. The topological polar surface area (TPSA) is 55.7 Å². The van der Waals surface area contributed by atoms with Gasteiger partial charge in [-0.2, -0.15) is 0 Å². The molecule has 4 heteroatoms. The third kappa shape index (κ3) is 2.40. The molecule has 0 radical (unpaired) electrons. The first kappa shape index (κ1) is 14.7. The molecule has 5 aromatic rings. The van der Waals surface area contributed by atoms with Crippen LogP contribution in [0.2, 0.25) is 0 Å². The number of fused-ring (bicyclic) bond motifs is 4. The van der Waals surface area contributed by atoms with Crippen LogP contribution >= 0.6 is 0 Å². The van der Waals surface area contributed by atoms with Crippen LogP contribution in [0.4, 0.5) is 5.69 Å². The predicted molar refractivity (Wildman–Crippen MR) is 103 cm³/mol. The Morgan fingerprint density at radius 3 is 2.35 bits per heavy atom. The normalized spacial score (nSPS) is 11.8. The molecule has 2 heterocycles. The van der Waals surface area contributed by atoms with Gasteiger partial charge in [0, 0.05) is 40.1 Å². The second-order valence-electron chi connectivity index (χ2n) is 6.06. The van der Waals surface area contributed by atoms with Gasteiger partial charge < -0.3 is 8.83 Å². The number of furan rings is 1. The highest BCUT2D eigenvalue weighted by Gasteiger charge is 2.11. The number of hydrogen-bond donors (Lipinski definition) is 0. The van der Waals surface area contributed by atoms with Gasteiger partial charge in [-0.1, -0.05) is 36.4 Å². The van der Waals surface area contributed by atoms with Crippen LogP contribution in [0.25, 0.3) is 32.9 Å². The van der Waals surface area contributed by atoms with Gasteiger partial charge in [-0.15, -0.1) is 0 Å². The molecule has 0 fully saturated rings. The summed E-state index contributed by atoms with van der Waals surface area (Å²) in [6, 6.07) is 22.7. The standard InChI is InChI=1S/C22H13NO3/c24-22-10-14(13-23-15-6-2-1-3-7-15)17-11-18-16-8-4-5-9-19(16)25-21(18)12-20(17)26-22/h1-13H. The lowest BCUT2D eigenvalue weighted by molar-refractivity contribution is 0.560. The van der Waals surface area contributed by atoms with Crippen molar-refractivity contribution in [2.75, 3.05) is 0 Å². The van der Waals surface area contributed by atoms with Crippen LogP contribution in [0.1, 0.15) is 5.56 Å². The second-order valence-corrected chi connectivity index (χ2v) is 6.06. The van der Waals surface area contributed by atoms with Gasteiger partial charge >= 0.3 is 5.63 Å². The van der Waals surface area contributed by atoms with E-state index < -0.39 is 5.63 Å². The van der Waals surface area contributed by atoms with E-state index in [0.29, 0.717) is 16.7 Å². The van der Waals surface area contributed by atoms with Gasteiger partial charge in [-0.3, -0.25) is 4.99 Å². The highest BCUT2D eigenvalue weighted by Crippen LogP contribution is 2.32. The Morgan fingerprint density at radius 1 is 0.692 bits per heavy atom. The Bertz CT molecular complexity index is 1340. The molecule has 0 aliphatic heterocycles. The number of aliphatic imine (C=N–C) groups is 1. The minimum atomic E-state index is -0.414. The molecule has 0 spiro atoms. The highest BCUT2D eigenvalue weighted by atomic mass is 16.4. The Balaban J connectivity index is 1.78. The summed E-state index contributed by atoms with van der Waals surface area (Å²) in [6.45, 7) is 0. The summed E-state index contributed by atoms with van der Waals surface area (Å²) >= 11 is 0. The van der Waals surface area contributed by atoms with E-state index in [0.717, 1.165) is 27.4 Å². The first-order valence-corrected chi connectivity index (χ1v) is 8.26. The van der Waals surface area contributed by atoms with E-state index in [1.165, 1.54) is 6.07 Å². The van der Waals surface area contributed by atoms with Crippen molar-refractivity contribution in [3.63, 3.8) is 0 Å². The van der Waals surface area contributed by atoms with Crippen LogP contribution < -0.4 is 5.63 Å². The quantitative estimate of drug-likeness (QED) is 0.318. The van der Waals surface area contributed by atoms with Crippen LogP contribution in [0.15, 0.2) is 91.4 Å². The van der Waals surface area contributed by atoms with E-state index >= 15 is 0 Å². The molecule has 0 atom stereocenters. The molecule has 0 aliphatic carbocycles. The highest BCUT2D eigenvalue weighted by molar-refractivity contribution is 6.11. The van der Waals surface area contributed by atoms with E-state index in [9.17, 15) is 4.79 Å². The van der Waals surface area contributed by atoms with Gasteiger partial charge in [0.25, 0.3) is 0 Å². The molecular formula is C22H13NO3.